The summed E-state index contributed by atoms with van der Waals surface area (Å²) >= 11 is 6.22. The number of rotatable bonds is 4. The number of hydrogen-bond acceptors (Lipinski definition) is 6. The molecule has 2 aromatic rings. The van der Waals surface area contributed by atoms with Gasteiger partial charge in [-0.05, 0) is 11.6 Å². The van der Waals surface area contributed by atoms with Gasteiger partial charge in [0.15, 0.2) is 6.10 Å². The number of carbonyl (C=O) groups is 2. The second-order valence-corrected chi connectivity index (χ2v) is 6.11. The van der Waals surface area contributed by atoms with E-state index in [-0.39, 0.29) is 25.0 Å². The van der Waals surface area contributed by atoms with Crippen LogP contribution in [0.4, 0.5) is 0 Å². The number of hydrogen-bond donors (Lipinski definition) is 1. The number of likely N-dealkylation sites (N-methyl/N-ethyl adjacent to an activating group) is 1. The minimum atomic E-state index is -0.897. The summed E-state index contributed by atoms with van der Waals surface area (Å²) in [6.45, 7) is 1.62. The van der Waals surface area contributed by atoms with E-state index in [1.165, 1.54) is 4.90 Å². The van der Waals surface area contributed by atoms with E-state index >= 15 is 0 Å². The van der Waals surface area contributed by atoms with Crippen LogP contribution in [-0.4, -0.2) is 46.7 Å². The van der Waals surface area contributed by atoms with Gasteiger partial charge in [0.1, 0.15) is 6.61 Å². The van der Waals surface area contributed by atoms with Gasteiger partial charge in [-0.1, -0.05) is 29.8 Å². The highest BCUT2D eigenvalue weighted by Gasteiger charge is 2.38. The molecule has 2 amide bonds. The van der Waals surface area contributed by atoms with Crippen LogP contribution < -0.4 is 5.32 Å². The van der Waals surface area contributed by atoms with E-state index in [1.807, 2.05) is 0 Å². The molecule has 1 aliphatic rings. The average Bonchev–Trinajstić information content (AvgIpc) is 2.99. The van der Waals surface area contributed by atoms with Crippen LogP contribution >= 0.6 is 11.6 Å². The van der Waals surface area contributed by atoms with Gasteiger partial charge in [0, 0.05) is 19.0 Å². The molecule has 2 atom stereocenters. The van der Waals surface area contributed by atoms with E-state index in [2.05, 4.69) is 15.5 Å². The van der Waals surface area contributed by atoms with Crippen molar-refractivity contribution < 1.29 is 18.7 Å². The third kappa shape index (κ3) is 3.80. The van der Waals surface area contributed by atoms with Gasteiger partial charge in [0.25, 0.3) is 5.91 Å². The normalized spacial score (nSPS) is 20.2. The maximum Gasteiger partial charge on any atom is 0.254 e. The molecule has 25 heavy (non-hydrogen) atoms. The summed E-state index contributed by atoms with van der Waals surface area (Å²) in [6, 6.07) is 6.34. The molecule has 0 bridgehead atoms. The summed E-state index contributed by atoms with van der Waals surface area (Å²) in [5.74, 6) is 0.124. The van der Waals surface area contributed by atoms with E-state index in [9.17, 15) is 9.59 Å². The lowest BCUT2D eigenvalue weighted by atomic mass is 9.98. The first-order chi connectivity index (χ1) is 12.0. The smallest absolute Gasteiger partial charge is 0.254 e. The topological polar surface area (TPSA) is 97.6 Å². The summed E-state index contributed by atoms with van der Waals surface area (Å²) in [6.07, 6.45) is -0.897. The van der Waals surface area contributed by atoms with Crippen LogP contribution in [0.5, 0.6) is 0 Å². The van der Waals surface area contributed by atoms with Crippen LogP contribution in [-0.2, 0) is 20.9 Å². The van der Waals surface area contributed by atoms with Gasteiger partial charge in [0.05, 0.1) is 12.6 Å². The lowest BCUT2D eigenvalue weighted by molar-refractivity contribution is -0.154. The summed E-state index contributed by atoms with van der Waals surface area (Å²) in [5.41, 5.74) is 0.623. The molecule has 0 radical (unpaired) electrons. The van der Waals surface area contributed by atoms with E-state index in [1.54, 1.807) is 38.2 Å². The summed E-state index contributed by atoms with van der Waals surface area (Å²) in [7, 11) is 1.60. The van der Waals surface area contributed by atoms with E-state index in [0.29, 0.717) is 22.4 Å². The van der Waals surface area contributed by atoms with Crippen molar-refractivity contribution in [2.24, 2.45) is 0 Å². The van der Waals surface area contributed by atoms with Crippen molar-refractivity contribution in [3.63, 3.8) is 0 Å². The molecule has 9 heteroatoms. The molecule has 3 rings (SSSR count). The molecule has 0 unspecified atom stereocenters. The van der Waals surface area contributed by atoms with E-state index in [0.717, 1.165) is 0 Å². The van der Waals surface area contributed by atoms with Gasteiger partial charge < -0.3 is 19.4 Å². The summed E-state index contributed by atoms with van der Waals surface area (Å²) in [5, 5.41) is 10.8. The van der Waals surface area contributed by atoms with E-state index in [4.69, 9.17) is 20.8 Å². The second kappa shape index (κ2) is 7.20. The molecule has 2 heterocycles. The minimum absolute atomic E-state index is 0.142. The molecule has 1 aliphatic heterocycles. The zero-order chi connectivity index (χ0) is 18.0. The first kappa shape index (κ1) is 17.4. The number of aromatic nitrogens is 2. The Bertz CT molecular complexity index is 794. The van der Waals surface area contributed by atoms with Crippen molar-refractivity contribution in [3.8, 4) is 0 Å². The van der Waals surface area contributed by atoms with Crippen molar-refractivity contribution in [2.45, 2.75) is 25.6 Å². The number of nitrogens with zero attached hydrogens (tertiary/aromatic N) is 3. The number of carbonyl (C=O) groups excluding carboxylic acids is 2. The summed E-state index contributed by atoms with van der Waals surface area (Å²) in [4.78, 5) is 26.0. The van der Waals surface area contributed by atoms with Crippen LogP contribution in [0.3, 0.4) is 0 Å². The highest BCUT2D eigenvalue weighted by Crippen LogP contribution is 2.29. The fraction of sp³-hybridized carbons (Fsp3) is 0.375. The zero-order valence-corrected chi connectivity index (χ0v) is 14.5. The number of nitrogens with one attached hydrogen (secondary N) is 1. The number of ether oxygens (including phenoxy) is 1. The third-order valence-electron chi connectivity index (χ3n) is 3.81. The molecule has 132 valence electrons. The van der Waals surface area contributed by atoms with Crippen LogP contribution in [0.1, 0.15) is 23.4 Å². The average molecular weight is 365 g/mol. The van der Waals surface area contributed by atoms with Gasteiger partial charge in [-0.25, -0.2) is 0 Å². The molecular formula is C16H17ClN4O4. The largest absolute Gasteiger partial charge is 0.424 e. The zero-order valence-electron chi connectivity index (χ0n) is 13.7. The Morgan fingerprint density at radius 1 is 1.40 bits per heavy atom. The maximum absolute atomic E-state index is 12.8. The molecule has 0 spiro atoms. The molecule has 0 aliphatic carbocycles. The molecule has 0 saturated carbocycles. The predicted molar refractivity (Wildman–Crippen MR) is 87.6 cm³/mol. The first-order valence-electron chi connectivity index (χ1n) is 7.65. The maximum atomic E-state index is 12.8. The Hall–Kier alpha value is -2.45. The molecule has 1 saturated heterocycles. The van der Waals surface area contributed by atoms with Gasteiger partial charge >= 0.3 is 0 Å². The molecule has 1 aromatic heterocycles. The fourth-order valence-electron chi connectivity index (χ4n) is 2.63. The van der Waals surface area contributed by atoms with Crippen molar-refractivity contribution in [1.29, 1.82) is 0 Å². The number of morpholine rings is 1. The van der Waals surface area contributed by atoms with Crippen molar-refractivity contribution in [2.75, 3.05) is 13.7 Å². The van der Waals surface area contributed by atoms with Gasteiger partial charge in [0.2, 0.25) is 17.7 Å². The number of aryl methyl sites for hydroxylation is 1. The van der Waals surface area contributed by atoms with Crippen molar-refractivity contribution in [3.05, 3.63) is 46.6 Å². The van der Waals surface area contributed by atoms with Crippen LogP contribution in [0.15, 0.2) is 28.7 Å². The van der Waals surface area contributed by atoms with Crippen molar-refractivity contribution in [1.82, 2.24) is 20.4 Å². The third-order valence-corrected chi connectivity index (χ3v) is 4.16. The van der Waals surface area contributed by atoms with Gasteiger partial charge in [-0.2, -0.15) is 0 Å². The number of amides is 2. The van der Waals surface area contributed by atoms with Gasteiger partial charge in [-0.3, -0.25) is 9.59 Å². The quantitative estimate of drug-likeness (QED) is 0.876. The summed E-state index contributed by atoms with van der Waals surface area (Å²) < 4.78 is 10.8. The molecule has 1 fully saturated rings. The molecule has 1 N–H and O–H groups in total. The number of benzene rings is 1. The Labute approximate surface area is 149 Å². The van der Waals surface area contributed by atoms with Crippen LogP contribution in [0.25, 0.3) is 0 Å². The lowest BCUT2D eigenvalue weighted by Gasteiger charge is -2.34. The second-order valence-electron chi connectivity index (χ2n) is 5.71. The number of halogens is 1. The van der Waals surface area contributed by atoms with E-state index < -0.39 is 12.1 Å². The molecular weight excluding hydrogens is 348 g/mol. The molecule has 8 nitrogen and oxygen atoms in total. The van der Waals surface area contributed by atoms with Crippen LogP contribution in [0.2, 0.25) is 5.02 Å². The Morgan fingerprint density at radius 2 is 2.16 bits per heavy atom. The SMILES string of the molecule is Cc1nnc(CN(C)C(=O)[C@H]2OCC(=O)N[C@@H]2c2ccccc2Cl)o1. The fourth-order valence-corrected chi connectivity index (χ4v) is 2.89. The minimum Gasteiger partial charge on any atom is -0.424 e. The van der Waals surface area contributed by atoms with Crippen LogP contribution in [0, 0.1) is 6.92 Å². The monoisotopic (exact) mass is 364 g/mol. The highest BCUT2D eigenvalue weighted by atomic mass is 35.5. The first-order valence-corrected chi connectivity index (χ1v) is 8.03. The Kier molecular flexibility index (Phi) is 5.00. The Balaban J connectivity index is 1.81. The van der Waals surface area contributed by atoms with Crippen molar-refractivity contribution >= 4 is 23.4 Å². The molecule has 1 aromatic carbocycles. The lowest BCUT2D eigenvalue weighted by Crippen LogP contribution is -2.52. The highest BCUT2D eigenvalue weighted by molar-refractivity contribution is 6.31. The van der Waals surface area contributed by atoms with Gasteiger partial charge in [-0.15, -0.1) is 10.2 Å². The standard InChI is InChI=1S/C16H17ClN4O4/c1-9-19-20-13(25-9)7-21(2)16(23)15-14(18-12(22)8-24-15)10-5-3-4-6-11(10)17/h3-6,14-15H,7-8H2,1-2H3,(H,18,22)/t14-,15+/m1/s1. The Morgan fingerprint density at radius 3 is 2.84 bits per heavy atom. The predicted octanol–water partition coefficient (Wildman–Crippen LogP) is 1.25.